The van der Waals surface area contributed by atoms with Crippen molar-refractivity contribution in [2.45, 2.75) is 32.0 Å². The van der Waals surface area contributed by atoms with Gasteiger partial charge in [-0.15, -0.1) is 11.3 Å². The second kappa shape index (κ2) is 8.50. The normalized spacial score (nSPS) is 16.9. The summed E-state index contributed by atoms with van der Waals surface area (Å²) in [5, 5.41) is 12.5. The minimum absolute atomic E-state index is 0.0516. The molecule has 0 spiro atoms. The van der Waals surface area contributed by atoms with Crippen LogP contribution in [0.15, 0.2) is 12.4 Å². The molecule has 2 N–H and O–H groups in total. The molecule has 3 rings (SSSR count). The molecule has 0 aromatic carbocycles. The summed E-state index contributed by atoms with van der Waals surface area (Å²) in [5.74, 6) is -0.277. The standard InChI is InChI=1S/C16H20F3N5O3S2/c1-10-20-9-13(28-10)14-12(16(17,18)19)8-21-15(23-14)22-11-2-4-24(5-3-11)29(26,27)7-6-25/h8-9,11,25H,2-7H2,1H3,(H,21,22,23). The Labute approximate surface area is 169 Å². The molecule has 0 saturated carbocycles. The van der Waals surface area contributed by atoms with Gasteiger partial charge in [-0.3, -0.25) is 0 Å². The van der Waals surface area contributed by atoms with Crippen molar-refractivity contribution >= 4 is 27.3 Å². The number of alkyl halides is 3. The van der Waals surface area contributed by atoms with Gasteiger partial charge >= 0.3 is 6.18 Å². The quantitative estimate of drug-likeness (QED) is 0.693. The molecule has 0 amide bonds. The van der Waals surface area contributed by atoms with Crippen molar-refractivity contribution in [1.29, 1.82) is 0 Å². The molecular weight excluding hydrogens is 431 g/mol. The SMILES string of the molecule is Cc1ncc(-c2nc(NC3CCN(S(=O)(=O)CCO)CC3)ncc2C(F)(F)F)s1. The Kier molecular flexibility index (Phi) is 6.41. The first kappa shape index (κ1) is 21.9. The van der Waals surface area contributed by atoms with Gasteiger partial charge in [-0.25, -0.2) is 27.7 Å². The van der Waals surface area contributed by atoms with Crippen LogP contribution in [-0.4, -0.2) is 64.3 Å². The molecule has 160 valence electrons. The minimum Gasteiger partial charge on any atom is -0.395 e. The first-order chi connectivity index (χ1) is 13.6. The van der Waals surface area contributed by atoms with Crippen LogP contribution in [0, 0.1) is 6.92 Å². The summed E-state index contributed by atoms with van der Waals surface area (Å²) in [5.41, 5.74) is -1.17. The molecule has 0 radical (unpaired) electrons. The first-order valence-electron chi connectivity index (χ1n) is 8.82. The van der Waals surface area contributed by atoms with Crippen LogP contribution in [0.2, 0.25) is 0 Å². The second-order valence-electron chi connectivity index (χ2n) is 6.55. The number of anilines is 1. The lowest BCUT2D eigenvalue weighted by Gasteiger charge is -2.31. The lowest BCUT2D eigenvalue weighted by Crippen LogP contribution is -2.43. The van der Waals surface area contributed by atoms with E-state index in [1.165, 1.54) is 10.5 Å². The Morgan fingerprint density at radius 2 is 1.97 bits per heavy atom. The summed E-state index contributed by atoms with van der Waals surface area (Å²) in [6.45, 7) is 1.75. The van der Waals surface area contributed by atoms with Crippen LogP contribution >= 0.6 is 11.3 Å². The number of halogens is 3. The molecule has 0 unspecified atom stereocenters. The third-order valence-corrected chi connectivity index (χ3v) is 7.25. The van der Waals surface area contributed by atoms with E-state index in [2.05, 4.69) is 20.3 Å². The van der Waals surface area contributed by atoms with Crippen LogP contribution in [0.25, 0.3) is 10.6 Å². The topological polar surface area (TPSA) is 108 Å². The van der Waals surface area contributed by atoms with E-state index in [1.54, 1.807) is 6.92 Å². The molecular formula is C16H20F3N5O3S2. The average molecular weight is 451 g/mol. The lowest BCUT2D eigenvalue weighted by atomic mass is 10.1. The van der Waals surface area contributed by atoms with Crippen molar-refractivity contribution in [3.8, 4) is 10.6 Å². The molecule has 13 heteroatoms. The van der Waals surface area contributed by atoms with Crippen LogP contribution in [0.5, 0.6) is 0 Å². The summed E-state index contributed by atoms with van der Waals surface area (Å²) in [4.78, 5) is 12.2. The van der Waals surface area contributed by atoms with Crippen molar-refractivity contribution in [3.63, 3.8) is 0 Å². The summed E-state index contributed by atoms with van der Waals surface area (Å²) in [6, 6.07) is -0.177. The number of aliphatic hydroxyl groups excluding tert-OH is 1. The fourth-order valence-electron chi connectivity index (χ4n) is 3.02. The summed E-state index contributed by atoms with van der Waals surface area (Å²) >= 11 is 1.11. The van der Waals surface area contributed by atoms with E-state index in [-0.39, 0.29) is 36.5 Å². The Morgan fingerprint density at radius 3 is 2.52 bits per heavy atom. The molecule has 1 aliphatic heterocycles. The predicted molar refractivity (Wildman–Crippen MR) is 102 cm³/mol. The average Bonchev–Trinajstić information content (AvgIpc) is 3.07. The van der Waals surface area contributed by atoms with Gasteiger partial charge < -0.3 is 10.4 Å². The third kappa shape index (κ3) is 5.21. The van der Waals surface area contributed by atoms with Gasteiger partial charge in [-0.1, -0.05) is 0 Å². The predicted octanol–water partition coefficient (Wildman–Crippen LogP) is 2.13. The fourth-order valence-corrected chi connectivity index (χ4v) is 5.06. The van der Waals surface area contributed by atoms with Crippen LogP contribution < -0.4 is 5.32 Å². The Bertz CT molecular complexity index is 957. The number of aromatic nitrogens is 3. The number of thiazole rings is 1. The van der Waals surface area contributed by atoms with E-state index in [0.717, 1.165) is 17.5 Å². The van der Waals surface area contributed by atoms with Gasteiger partial charge in [0.2, 0.25) is 16.0 Å². The highest BCUT2D eigenvalue weighted by Gasteiger charge is 2.36. The van der Waals surface area contributed by atoms with Crippen molar-refractivity contribution < 1.29 is 26.7 Å². The molecule has 8 nitrogen and oxygen atoms in total. The maximum absolute atomic E-state index is 13.4. The number of nitrogens with zero attached hydrogens (tertiary/aromatic N) is 4. The van der Waals surface area contributed by atoms with Gasteiger partial charge in [-0.05, 0) is 19.8 Å². The minimum atomic E-state index is -4.60. The molecule has 1 saturated heterocycles. The highest BCUT2D eigenvalue weighted by atomic mass is 32.2. The molecule has 3 heterocycles. The zero-order valence-corrected chi connectivity index (χ0v) is 17.1. The van der Waals surface area contributed by atoms with Crippen LogP contribution in [0.4, 0.5) is 19.1 Å². The van der Waals surface area contributed by atoms with Crippen molar-refractivity contribution in [2.24, 2.45) is 0 Å². The van der Waals surface area contributed by atoms with Crippen LogP contribution in [-0.2, 0) is 16.2 Å². The number of aliphatic hydroxyl groups is 1. The van der Waals surface area contributed by atoms with Gasteiger partial charge in [0.05, 0.1) is 27.9 Å². The van der Waals surface area contributed by atoms with Crippen molar-refractivity contribution in [3.05, 3.63) is 23.0 Å². The number of nitrogens with one attached hydrogen (secondary N) is 1. The maximum atomic E-state index is 13.4. The number of hydrogen-bond acceptors (Lipinski definition) is 8. The zero-order valence-electron chi connectivity index (χ0n) is 15.5. The highest BCUT2D eigenvalue weighted by molar-refractivity contribution is 7.89. The largest absolute Gasteiger partial charge is 0.420 e. The molecule has 1 fully saturated rings. The first-order valence-corrected chi connectivity index (χ1v) is 11.2. The van der Waals surface area contributed by atoms with E-state index >= 15 is 0 Å². The summed E-state index contributed by atoms with van der Waals surface area (Å²) in [7, 11) is -3.50. The molecule has 1 aliphatic rings. The molecule has 0 bridgehead atoms. The van der Waals surface area contributed by atoms with Crippen LogP contribution in [0.3, 0.4) is 0 Å². The van der Waals surface area contributed by atoms with Gasteiger partial charge in [0.1, 0.15) is 5.56 Å². The van der Waals surface area contributed by atoms with Gasteiger partial charge in [0.15, 0.2) is 0 Å². The smallest absolute Gasteiger partial charge is 0.395 e. The summed E-state index contributed by atoms with van der Waals surface area (Å²) < 4.78 is 65.4. The van der Waals surface area contributed by atoms with Gasteiger partial charge in [0, 0.05) is 31.5 Å². The summed E-state index contributed by atoms with van der Waals surface area (Å²) in [6.07, 6.45) is -1.60. The number of piperidine rings is 1. The fraction of sp³-hybridized carbons (Fsp3) is 0.562. The lowest BCUT2D eigenvalue weighted by molar-refractivity contribution is -0.137. The Morgan fingerprint density at radius 1 is 1.28 bits per heavy atom. The molecule has 0 aliphatic carbocycles. The van der Waals surface area contributed by atoms with E-state index in [1.807, 2.05) is 0 Å². The maximum Gasteiger partial charge on any atom is 0.420 e. The number of aryl methyl sites for hydroxylation is 1. The van der Waals surface area contributed by atoms with E-state index in [0.29, 0.717) is 22.7 Å². The van der Waals surface area contributed by atoms with Gasteiger partial charge in [-0.2, -0.15) is 13.2 Å². The molecule has 0 atom stereocenters. The van der Waals surface area contributed by atoms with Crippen molar-refractivity contribution in [2.75, 3.05) is 30.8 Å². The third-order valence-electron chi connectivity index (χ3n) is 4.48. The Hall–Kier alpha value is -1.83. The number of sulfonamides is 1. The van der Waals surface area contributed by atoms with E-state index in [4.69, 9.17) is 5.11 Å². The molecule has 29 heavy (non-hydrogen) atoms. The second-order valence-corrected chi connectivity index (χ2v) is 9.88. The number of rotatable bonds is 6. The van der Waals surface area contributed by atoms with E-state index < -0.39 is 28.4 Å². The van der Waals surface area contributed by atoms with Gasteiger partial charge in [0.25, 0.3) is 0 Å². The number of hydrogen-bond donors (Lipinski definition) is 2. The molecule has 2 aromatic heterocycles. The van der Waals surface area contributed by atoms with Crippen LogP contribution in [0.1, 0.15) is 23.4 Å². The van der Waals surface area contributed by atoms with E-state index in [9.17, 15) is 21.6 Å². The molecule has 2 aromatic rings. The highest BCUT2D eigenvalue weighted by Crippen LogP contribution is 2.38. The van der Waals surface area contributed by atoms with Crippen molar-refractivity contribution in [1.82, 2.24) is 19.3 Å². The zero-order chi connectivity index (χ0) is 21.2. The monoisotopic (exact) mass is 451 g/mol. The Balaban J connectivity index is 1.76.